The lowest BCUT2D eigenvalue weighted by atomic mass is 9.59. The lowest BCUT2D eigenvalue weighted by Crippen LogP contribution is -2.55. The molecule has 9 aromatic rings. The van der Waals surface area contributed by atoms with Crippen LogP contribution in [0.4, 0.5) is 0 Å². The lowest BCUT2D eigenvalue weighted by molar-refractivity contribution is 1.64. The molecule has 0 aromatic heterocycles. The summed E-state index contributed by atoms with van der Waals surface area (Å²) < 4.78 is 0. The molecule has 0 unspecified atom stereocenters. The monoisotopic (exact) mass is 642 g/mol. The minimum Gasteiger partial charge on any atom is -0.102 e. The van der Waals surface area contributed by atoms with Gasteiger partial charge in [-0.1, -0.05) is 150 Å². The Bertz CT molecular complexity index is 2770. The van der Waals surface area contributed by atoms with Gasteiger partial charge in [-0.3, -0.25) is 0 Å². The van der Waals surface area contributed by atoms with E-state index in [2.05, 4.69) is 191 Å². The summed E-state index contributed by atoms with van der Waals surface area (Å²) in [5.74, 6) is 0. The average molecular weight is 642 g/mol. The van der Waals surface area contributed by atoms with Crippen molar-refractivity contribution < 1.29 is 0 Å². The van der Waals surface area contributed by atoms with Crippen LogP contribution < -0.4 is 27.3 Å². The van der Waals surface area contributed by atoms with Crippen LogP contribution in [-0.2, 0) is 0 Å². The number of hydrogen-bond acceptors (Lipinski definition) is 0. The van der Waals surface area contributed by atoms with Crippen LogP contribution in [-0.4, -0.2) is 39.2 Å². The molecular formula is C46H35B5. The van der Waals surface area contributed by atoms with E-state index in [0.717, 1.165) is 0 Å². The Balaban J connectivity index is 1.29. The van der Waals surface area contributed by atoms with Crippen molar-refractivity contribution in [1.29, 1.82) is 0 Å². The third-order valence-corrected chi connectivity index (χ3v) is 11.6. The molecule has 0 aliphatic heterocycles. The summed E-state index contributed by atoms with van der Waals surface area (Å²) in [5.41, 5.74) is 17.2. The van der Waals surface area contributed by atoms with E-state index in [1.807, 2.05) is 0 Å². The highest BCUT2D eigenvalue weighted by Crippen LogP contribution is 2.46. The van der Waals surface area contributed by atoms with E-state index < -0.39 is 0 Å². The van der Waals surface area contributed by atoms with Gasteiger partial charge in [-0.25, -0.2) is 0 Å². The smallest absolute Gasteiger partial charge is 0.102 e. The second-order valence-corrected chi connectivity index (χ2v) is 14.2. The Hall–Kier alpha value is -5.66. The highest BCUT2D eigenvalue weighted by molar-refractivity contribution is 6.68. The van der Waals surface area contributed by atoms with Crippen molar-refractivity contribution in [3.63, 3.8) is 0 Å². The minimum absolute atomic E-state index is 1.24. The van der Waals surface area contributed by atoms with Gasteiger partial charge in [0.1, 0.15) is 39.2 Å². The van der Waals surface area contributed by atoms with Crippen LogP contribution in [0.5, 0.6) is 0 Å². The summed E-state index contributed by atoms with van der Waals surface area (Å²) in [7, 11) is 11.3. The van der Waals surface area contributed by atoms with Gasteiger partial charge in [-0.05, 0) is 99.7 Å². The first kappa shape index (κ1) is 31.3. The van der Waals surface area contributed by atoms with Gasteiger partial charge < -0.3 is 0 Å². The van der Waals surface area contributed by atoms with Crippen molar-refractivity contribution in [2.45, 2.75) is 0 Å². The number of fused-ring (bicyclic) bond motifs is 4. The third-order valence-electron chi connectivity index (χ3n) is 11.6. The molecule has 0 atom stereocenters. The first-order valence-electron chi connectivity index (χ1n) is 18.0. The van der Waals surface area contributed by atoms with Crippen molar-refractivity contribution in [2.75, 3.05) is 0 Å². The Morgan fingerprint density at radius 3 is 1.22 bits per heavy atom. The molecule has 0 saturated carbocycles. The molecule has 0 spiro atoms. The van der Waals surface area contributed by atoms with Crippen LogP contribution in [0.25, 0.3) is 87.6 Å². The van der Waals surface area contributed by atoms with Crippen LogP contribution in [0, 0.1) is 0 Å². The van der Waals surface area contributed by atoms with Gasteiger partial charge in [0.25, 0.3) is 0 Å². The Morgan fingerprint density at radius 1 is 0.255 bits per heavy atom. The van der Waals surface area contributed by atoms with Crippen molar-refractivity contribution in [3.05, 3.63) is 152 Å². The zero-order chi connectivity index (χ0) is 34.8. The van der Waals surface area contributed by atoms with Crippen molar-refractivity contribution in [2.24, 2.45) is 0 Å². The van der Waals surface area contributed by atoms with Gasteiger partial charge in [0, 0.05) is 0 Å². The quantitative estimate of drug-likeness (QED) is 0.199. The van der Waals surface area contributed by atoms with Gasteiger partial charge in [-0.15, -0.1) is 16.4 Å². The standard InChI is InChI=1S/C46H35B5/c47-42-40(43(48)45(50)46(51)44(42)49)29-21-19-26-18-20-28(24-30(26)25-29)39-34-14-6-8-16-36(34)41(37-17-9-7-15-35(37)39)38-23-22-31(27-10-2-1-3-11-27)32-12-4-5-13-33(32)38/h1-25H,47-51H2. The van der Waals surface area contributed by atoms with E-state index in [4.69, 9.17) is 0 Å². The largest absolute Gasteiger partial charge is 0.139 e. The number of rotatable bonds is 4. The van der Waals surface area contributed by atoms with E-state index in [0.29, 0.717) is 0 Å². The summed E-state index contributed by atoms with van der Waals surface area (Å²) in [6.07, 6.45) is 0. The second-order valence-electron chi connectivity index (χ2n) is 14.2. The first-order chi connectivity index (χ1) is 24.9. The zero-order valence-corrected chi connectivity index (χ0v) is 29.9. The molecule has 0 N–H and O–H groups in total. The predicted octanol–water partition coefficient (Wildman–Crippen LogP) is 4.26. The molecule has 0 bridgehead atoms. The maximum atomic E-state index is 2.41. The lowest BCUT2D eigenvalue weighted by Gasteiger charge is -2.21. The van der Waals surface area contributed by atoms with Gasteiger partial charge in [-0.2, -0.15) is 0 Å². The summed E-state index contributed by atoms with van der Waals surface area (Å²) in [6, 6.07) is 56.3. The van der Waals surface area contributed by atoms with Crippen LogP contribution >= 0.6 is 0 Å². The Kier molecular flexibility index (Phi) is 7.55. The Morgan fingerprint density at radius 2 is 0.667 bits per heavy atom. The number of benzene rings is 9. The molecule has 0 nitrogen and oxygen atoms in total. The second kappa shape index (κ2) is 12.3. The van der Waals surface area contributed by atoms with Gasteiger partial charge in [0.15, 0.2) is 0 Å². The predicted molar refractivity (Wildman–Crippen MR) is 239 cm³/mol. The fourth-order valence-electron chi connectivity index (χ4n) is 8.61. The molecule has 9 aromatic carbocycles. The van der Waals surface area contributed by atoms with Crippen molar-refractivity contribution in [1.82, 2.24) is 0 Å². The highest BCUT2D eigenvalue weighted by atomic mass is 14.2. The fourth-order valence-corrected chi connectivity index (χ4v) is 8.61. The van der Waals surface area contributed by atoms with E-state index >= 15 is 0 Å². The van der Waals surface area contributed by atoms with Gasteiger partial charge in [0.05, 0.1) is 0 Å². The van der Waals surface area contributed by atoms with Crippen LogP contribution in [0.3, 0.4) is 0 Å². The minimum atomic E-state index is 1.24. The van der Waals surface area contributed by atoms with Gasteiger partial charge in [0.2, 0.25) is 0 Å². The molecule has 0 saturated heterocycles. The molecule has 5 heteroatoms. The summed E-state index contributed by atoms with van der Waals surface area (Å²) in [6.45, 7) is 0. The molecule has 9 rings (SSSR count). The van der Waals surface area contributed by atoms with Crippen LogP contribution in [0.2, 0.25) is 0 Å². The van der Waals surface area contributed by atoms with E-state index in [1.54, 1.807) is 0 Å². The molecule has 0 aliphatic rings. The summed E-state index contributed by atoms with van der Waals surface area (Å²) >= 11 is 0. The number of hydrogen-bond donors (Lipinski definition) is 0. The highest BCUT2D eigenvalue weighted by Gasteiger charge is 2.20. The van der Waals surface area contributed by atoms with Gasteiger partial charge >= 0.3 is 0 Å². The van der Waals surface area contributed by atoms with E-state index in [-0.39, 0.29) is 0 Å². The first-order valence-corrected chi connectivity index (χ1v) is 18.0. The molecule has 51 heavy (non-hydrogen) atoms. The summed E-state index contributed by atoms with van der Waals surface area (Å²) in [4.78, 5) is 0. The summed E-state index contributed by atoms with van der Waals surface area (Å²) in [5, 5.41) is 10.2. The Labute approximate surface area is 304 Å². The zero-order valence-electron chi connectivity index (χ0n) is 29.9. The normalized spacial score (nSPS) is 11.5. The van der Waals surface area contributed by atoms with Crippen LogP contribution in [0.15, 0.2) is 152 Å². The molecule has 0 fully saturated rings. The van der Waals surface area contributed by atoms with Crippen molar-refractivity contribution >= 4 is 110 Å². The molecule has 0 heterocycles. The topological polar surface area (TPSA) is 0 Å². The maximum Gasteiger partial charge on any atom is 0.139 e. The molecular weight excluding hydrogens is 607 g/mol. The molecule has 234 valence electrons. The third kappa shape index (κ3) is 4.98. The van der Waals surface area contributed by atoms with E-state index in [1.165, 1.54) is 115 Å². The molecule has 0 amide bonds. The van der Waals surface area contributed by atoms with Crippen molar-refractivity contribution in [3.8, 4) is 44.5 Å². The fraction of sp³-hybridized carbons (Fsp3) is 0. The average Bonchev–Trinajstić information content (AvgIpc) is 3.18. The SMILES string of the molecule is Bc1c(B)c(B)c(-c2ccc3ccc(-c4c5ccccc5c(-c5ccc(-c6ccccc6)c6ccccc56)c5ccccc45)cc3c2)c(B)c1B. The van der Waals surface area contributed by atoms with Crippen LogP contribution in [0.1, 0.15) is 0 Å². The van der Waals surface area contributed by atoms with E-state index in [9.17, 15) is 0 Å². The molecule has 0 aliphatic carbocycles. The maximum absolute atomic E-state index is 2.41. The molecule has 0 radical (unpaired) electrons.